The first-order valence-electron chi connectivity index (χ1n) is 7.42. The van der Waals surface area contributed by atoms with Gasteiger partial charge in [0.25, 0.3) is 0 Å². The molecule has 1 aromatic rings. The van der Waals surface area contributed by atoms with Crippen LogP contribution in [0.4, 0.5) is 4.79 Å². The van der Waals surface area contributed by atoms with Crippen molar-refractivity contribution in [2.24, 2.45) is 0 Å². The molecule has 114 valence electrons. The number of amides is 2. The van der Waals surface area contributed by atoms with Crippen LogP contribution in [0.3, 0.4) is 0 Å². The largest absolute Gasteiger partial charge is 0.325 e. The Labute approximate surface area is 130 Å². The third kappa shape index (κ3) is 3.55. The zero-order valence-electron chi connectivity index (χ0n) is 12.7. The molecule has 2 heterocycles. The molecule has 2 amide bonds. The van der Waals surface area contributed by atoms with Crippen molar-refractivity contribution >= 4 is 17.4 Å². The summed E-state index contributed by atoms with van der Waals surface area (Å²) in [5.41, 5.74) is 0. The van der Waals surface area contributed by atoms with E-state index in [0.717, 1.165) is 31.1 Å². The van der Waals surface area contributed by atoms with E-state index in [1.54, 1.807) is 11.3 Å². The molecule has 0 aliphatic carbocycles. The van der Waals surface area contributed by atoms with Crippen molar-refractivity contribution in [3.05, 3.63) is 22.4 Å². The summed E-state index contributed by atoms with van der Waals surface area (Å²) >= 11 is 1.62. The normalized spacial score (nSPS) is 17.3. The van der Waals surface area contributed by atoms with Crippen LogP contribution in [0.1, 0.15) is 24.8 Å². The maximum absolute atomic E-state index is 12.3. The van der Waals surface area contributed by atoms with Gasteiger partial charge < -0.3 is 9.80 Å². The minimum absolute atomic E-state index is 0.115. The number of piperazine rings is 1. The number of hydrogen-bond acceptors (Lipinski definition) is 4. The summed E-state index contributed by atoms with van der Waals surface area (Å²) < 4.78 is 0. The molecule has 1 aliphatic heterocycles. The van der Waals surface area contributed by atoms with Gasteiger partial charge >= 0.3 is 6.03 Å². The number of urea groups is 1. The second-order valence-corrected chi connectivity index (χ2v) is 6.00. The van der Waals surface area contributed by atoms with Crippen molar-refractivity contribution < 1.29 is 4.79 Å². The summed E-state index contributed by atoms with van der Waals surface area (Å²) in [4.78, 5) is 19.3. The Kier molecular flexibility index (Phi) is 5.59. The molecule has 1 saturated heterocycles. The predicted octanol–water partition coefficient (Wildman–Crippen LogP) is 2.39. The monoisotopic (exact) mass is 306 g/mol. The Morgan fingerprint density at radius 2 is 2.05 bits per heavy atom. The van der Waals surface area contributed by atoms with Crippen LogP contribution in [-0.2, 0) is 0 Å². The molecule has 0 radical (unpaired) electrons. The molecule has 21 heavy (non-hydrogen) atoms. The van der Waals surface area contributed by atoms with Crippen molar-refractivity contribution in [3.8, 4) is 6.07 Å². The summed E-state index contributed by atoms with van der Waals surface area (Å²) in [5, 5.41) is 11.4. The van der Waals surface area contributed by atoms with Gasteiger partial charge in [-0.25, -0.2) is 4.79 Å². The van der Waals surface area contributed by atoms with Crippen molar-refractivity contribution in [3.63, 3.8) is 0 Å². The summed E-state index contributed by atoms with van der Waals surface area (Å²) in [6.45, 7) is 8.38. The lowest BCUT2D eigenvalue weighted by atomic mass is 10.2. The lowest BCUT2D eigenvalue weighted by Crippen LogP contribution is -2.53. The van der Waals surface area contributed by atoms with E-state index in [-0.39, 0.29) is 12.1 Å². The summed E-state index contributed by atoms with van der Waals surface area (Å²) in [5.74, 6) is 0. The first-order valence-corrected chi connectivity index (χ1v) is 8.30. The second kappa shape index (κ2) is 7.43. The SMILES string of the molecule is CCN(CC)C(=O)N1CCN(C(C#N)c2cccs2)CC1. The zero-order valence-corrected chi connectivity index (χ0v) is 13.5. The van der Waals surface area contributed by atoms with Gasteiger partial charge in [0.1, 0.15) is 6.04 Å². The minimum Gasteiger partial charge on any atom is -0.325 e. The van der Waals surface area contributed by atoms with Gasteiger partial charge in [-0.05, 0) is 25.3 Å². The molecule has 5 nitrogen and oxygen atoms in total. The highest BCUT2D eigenvalue weighted by atomic mass is 32.1. The smallest absolute Gasteiger partial charge is 0.320 e. The molecule has 1 fully saturated rings. The van der Waals surface area contributed by atoms with Gasteiger partial charge in [-0.3, -0.25) is 4.90 Å². The maximum Gasteiger partial charge on any atom is 0.320 e. The molecular weight excluding hydrogens is 284 g/mol. The van der Waals surface area contributed by atoms with Crippen LogP contribution < -0.4 is 0 Å². The lowest BCUT2D eigenvalue weighted by molar-refractivity contribution is 0.105. The Balaban J connectivity index is 1.94. The third-order valence-electron chi connectivity index (χ3n) is 3.92. The van der Waals surface area contributed by atoms with Crippen molar-refractivity contribution in [1.82, 2.24) is 14.7 Å². The molecule has 1 aliphatic rings. The van der Waals surface area contributed by atoms with Gasteiger partial charge in [0.15, 0.2) is 0 Å². The number of rotatable bonds is 4. The Bertz CT molecular complexity index is 484. The van der Waals surface area contributed by atoms with E-state index < -0.39 is 0 Å². The van der Waals surface area contributed by atoms with E-state index in [4.69, 9.17) is 0 Å². The fourth-order valence-corrected chi connectivity index (χ4v) is 3.44. The number of hydrogen-bond donors (Lipinski definition) is 0. The molecule has 0 saturated carbocycles. The van der Waals surface area contributed by atoms with Crippen LogP contribution in [0, 0.1) is 11.3 Å². The topological polar surface area (TPSA) is 50.6 Å². The van der Waals surface area contributed by atoms with E-state index in [9.17, 15) is 10.1 Å². The van der Waals surface area contributed by atoms with E-state index in [1.807, 2.05) is 41.2 Å². The van der Waals surface area contributed by atoms with Gasteiger partial charge in [-0.2, -0.15) is 5.26 Å². The molecule has 0 aromatic carbocycles. The molecular formula is C15H22N4OS. The predicted molar refractivity (Wildman–Crippen MR) is 84.1 cm³/mol. The number of carbonyl (C=O) groups is 1. The van der Waals surface area contributed by atoms with Gasteiger partial charge in [-0.1, -0.05) is 6.07 Å². The summed E-state index contributed by atoms with van der Waals surface area (Å²) in [7, 11) is 0. The maximum atomic E-state index is 12.3. The van der Waals surface area contributed by atoms with Crippen LogP contribution in [-0.4, -0.2) is 60.0 Å². The number of nitrogens with zero attached hydrogens (tertiary/aromatic N) is 4. The second-order valence-electron chi connectivity index (χ2n) is 5.02. The van der Waals surface area contributed by atoms with Crippen molar-refractivity contribution in [2.75, 3.05) is 39.3 Å². The van der Waals surface area contributed by atoms with Crippen molar-refractivity contribution in [2.45, 2.75) is 19.9 Å². The summed E-state index contributed by atoms with van der Waals surface area (Å²) in [6, 6.07) is 6.30. The average molecular weight is 306 g/mol. The minimum atomic E-state index is -0.185. The highest BCUT2D eigenvalue weighted by Crippen LogP contribution is 2.25. The molecule has 1 aromatic heterocycles. The first-order chi connectivity index (χ1) is 10.2. The lowest BCUT2D eigenvalue weighted by Gasteiger charge is -2.38. The van der Waals surface area contributed by atoms with E-state index in [2.05, 4.69) is 11.0 Å². The molecule has 0 spiro atoms. The van der Waals surface area contributed by atoms with Crippen LogP contribution in [0.25, 0.3) is 0 Å². The molecule has 6 heteroatoms. The average Bonchev–Trinajstić information content (AvgIpc) is 3.04. The van der Waals surface area contributed by atoms with E-state index in [0.29, 0.717) is 13.1 Å². The third-order valence-corrected chi connectivity index (χ3v) is 4.84. The highest BCUT2D eigenvalue weighted by Gasteiger charge is 2.28. The number of carbonyl (C=O) groups excluding carboxylic acids is 1. The van der Waals surface area contributed by atoms with Crippen LogP contribution in [0.5, 0.6) is 0 Å². The molecule has 1 unspecified atom stereocenters. The standard InChI is InChI=1S/C15H22N4OS/c1-3-17(4-2)15(20)19-9-7-18(8-10-19)13(12-16)14-6-5-11-21-14/h5-6,11,13H,3-4,7-10H2,1-2H3. The summed E-state index contributed by atoms with van der Waals surface area (Å²) in [6.07, 6.45) is 0. The van der Waals surface area contributed by atoms with Crippen molar-refractivity contribution in [1.29, 1.82) is 5.26 Å². The zero-order chi connectivity index (χ0) is 15.2. The quantitative estimate of drug-likeness (QED) is 0.858. The van der Waals surface area contributed by atoms with Gasteiger partial charge in [0, 0.05) is 44.1 Å². The van der Waals surface area contributed by atoms with Crippen LogP contribution >= 0.6 is 11.3 Å². The van der Waals surface area contributed by atoms with Crippen LogP contribution in [0.15, 0.2) is 17.5 Å². The highest BCUT2D eigenvalue weighted by molar-refractivity contribution is 7.10. The Hall–Kier alpha value is -1.58. The van der Waals surface area contributed by atoms with Gasteiger partial charge in [0.05, 0.1) is 6.07 Å². The van der Waals surface area contributed by atoms with E-state index in [1.165, 1.54) is 0 Å². The molecule has 2 rings (SSSR count). The Morgan fingerprint density at radius 1 is 1.38 bits per heavy atom. The number of thiophene rings is 1. The van der Waals surface area contributed by atoms with Gasteiger partial charge in [0.2, 0.25) is 0 Å². The molecule has 1 atom stereocenters. The Morgan fingerprint density at radius 3 is 2.52 bits per heavy atom. The molecule has 0 bridgehead atoms. The van der Waals surface area contributed by atoms with Gasteiger partial charge in [-0.15, -0.1) is 11.3 Å². The fourth-order valence-electron chi connectivity index (χ4n) is 2.64. The molecule has 0 N–H and O–H groups in total. The fraction of sp³-hybridized carbons (Fsp3) is 0.600. The first kappa shape index (κ1) is 15.8. The van der Waals surface area contributed by atoms with E-state index >= 15 is 0 Å². The van der Waals surface area contributed by atoms with Crippen LogP contribution in [0.2, 0.25) is 0 Å². The number of nitriles is 1.